The molecule has 33 heavy (non-hydrogen) atoms. The Morgan fingerprint density at radius 3 is 2.09 bits per heavy atom. The van der Waals surface area contributed by atoms with Crippen LogP contribution in [0.4, 0.5) is 0 Å². The Morgan fingerprint density at radius 1 is 1.03 bits per heavy atom. The van der Waals surface area contributed by atoms with Crippen LogP contribution < -0.4 is 5.32 Å². The van der Waals surface area contributed by atoms with Crippen LogP contribution in [0.15, 0.2) is 21.7 Å². The van der Waals surface area contributed by atoms with Gasteiger partial charge in [0.1, 0.15) is 10.3 Å². The molecule has 182 valence electrons. The summed E-state index contributed by atoms with van der Waals surface area (Å²) < 4.78 is 27.4. The summed E-state index contributed by atoms with van der Waals surface area (Å²) >= 11 is 1.21. The summed E-state index contributed by atoms with van der Waals surface area (Å²) in [5.41, 5.74) is -0.282. The van der Waals surface area contributed by atoms with Crippen molar-refractivity contribution in [3.63, 3.8) is 0 Å². The highest BCUT2D eigenvalue weighted by atomic mass is 32.2. The van der Waals surface area contributed by atoms with Crippen molar-refractivity contribution < 1.29 is 18.0 Å². The molecule has 0 radical (unpaired) electrons. The lowest BCUT2D eigenvalue weighted by molar-refractivity contribution is -0.151. The van der Waals surface area contributed by atoms with Crippen LogP contribution in [0.3, 0.4) is 0 Å². The zero-order valence-corrected chi connectivity index (χ0v) is 21.2. The van der Waals surface area contributed by atoms with E-state index in [2.05, 4.69) is 5.32 Å². The van der Waals surface area contributed by atoms with Gasteiger partial charge in [0.25, 0.3) is 10.0 Å². The number of hydrogen-bond acceptors (Lipinski definition) is 5. The minimum Gasteiger partial charge on any atom is -0.344 e. The minimum absolute atomic E-state index is 0.0248. The first-order valence-corrected chi connectivity index (χ1v) is 14.6. The van der Waals surface area contributed by atoms with Gasteiger partial charge in [-0.05, 0) is 73.6 Å². The Bertz CT molecular complexity index is 962. The van der Waals surface area contributed by atoms with Crippen LogP contribution in [-0.2, 0) is 19.6 Å². The number of carbonyl (C=O) groups excluding carboxylic acids is 2. The second-order valence-corrected chi connectivity index (χ2v) is 14.2. The topological polar surface area (TPSA) is 86.8 Å². The molecule has 0 aromatic carbocycles. The summed E-state index contributed by atoms with van der Waals surface area (Å²) in [4.78, 5) is 28.7. The number of nitrogens with one attached hydrogen (secondary N) is 1. The van der Waals surface area contributed by atoms with Crippen molar-refractivity contribution >= 4 is 33.2 Å². The standard InChI is InChI=1S/C24H35N3O4S2/c1-16(2)21(25-23(29)24-13-17-10-18(14-24)12-19(11-17)15-24)22(28)26-5-7-27(8-6-26)33(30,31)20-4-3-9-32-20/h3-4,9,16-19,21H,5-8,10-15H2,1-2H3,(H,25,29)/t17?,18?,19?,21-,24?/m0/s1. The molecule has 4 saturated carbocycles. The molecule has 2 heterocycles. The van der Waals surface area contributed by atoms with Gasteiger partial charge < -0.3 is 10.2 Å². The van der Waals surface area contributed by atoms with Crippen molar-refractivity contribution in [1.82, 2.24) is 14.5 Å². The zero-order chi connectivity index (χ0) is 23.4. The van der Waals surface area contributed by atoms with Crippen LogP contribution >= 0.6 is 11.3 Å². The van der Waals surface area contributed by atoms with Gasteiger partial charge in [-0.1, -0.05) is 19.9 Å². The third-order valence-electron chi connectivity index (χ3n) is 8.38. The zero-order valence-electron chi connectivity index (χ0n) is 19.5. The summed E-state index contributed by atoms with van der Waals surface area (Å²) in [6.07, 6.45) is 6.75. The normalized spacial score (nSPS) is 32.8. The van der Waals surface area contributed by atoms with Gasteiger partial charge in [0.05, 0.1) is 0 Å². The van der Waals surface area contributed by atoms with Gasteiger partial charge in [-0.3, -0.25) is 9.59 Å². The number of carbonyl (C=O) groups is 2. The van der Waals surface area contributed by atoms with E-state index in [1.807, 2.05) is 13.8 Å². The molecule has 0 unspecified atom stereocenters. The molecular weight excluding hydrogens is 458 g/mol. The fourth-order valence-electron chi connectivity index (χ4n) is 7.08. The fourth-order valence-corrected chi connectivity index (χ4v) is 9.65. The first-order valence-electron chi connectivity index (χ1n) is 12.3. The van der Waals surface area contributed by atoms with Gasteiger partial charge in [0.2, 0.25) is 11.8 Å². The molecular formula is C24H35N3O4S2. The predicted molar refractivity (Wildman–Crippen MR) is 127 cm³/mol. The first-order chi connectivity index (χ1) is 15.7. The molecule has 6 rings (SSSR count). The number of thiophene rings is 1. The summed E-state index contributed by atoms with van der Waals surface area (Å²) in [6.45, 7) is 5.19. The molecule has 4 bridgehead atoms. The van der Waals surface area contributed by atoms with Gasteiger partial charge in [-0.15, -0.1) is 11.3 Å². The highest BCUT2D eigenvalue weighted by Gasteiger charge is 2.55. The van der Waals surface area contributed by atoms with E-state index >= 15 is 0 Å². The minimum atomic E-state index is -3.51. The molecule has 1 saturated heterocycles. The lowest BCUT2D eigenvalue weighted by Gasteiger charge is -2.56. The molecule has 1 atom stereocenters. The summed E-state index contributed by atoms with van der Waals surface area (Å²) in [6, 6.07) is 2.79. The molecule has 1 aromatic heterocycles. The van der Waals surface area contributed by atoms with Gasteiger partial charge in [0.15, 0.2) is 0 Å². The van der Waals surface area contributed by atoms with Crippen LogP contribution in [0.25, 0.3) is 0 Å². The summed E-state index contributed by atoms with van der Waals surface area (Å²) in [7, 11) is -3.51. The van der Waals surface area contributed by atoms with E-state index in [-0.39, 0.29) is 36.2 Å². The van der Waals surface area contributed by atoms with E-state index in [9.17, 15) is 18.0 Å². The monoisotopic (exact) mass is 493 g/mol. The molecule has 0 spiro atoms. The maximum Gasteiger partial charge on any atom is 0.252 e. The quantitative estimate of drug-likeness (QED) is 0.660. The summed E-state index contributed by atoms with van der Waals surface area (Å²) in [5, 5.41) is 4.93. The van der Waals surface area contributed by atoms with Gasteiger partial charge in [0, 0.05) is 31.6 Å². The highest BCUT2D eigenvalue weighted by molar-refractivity contribution is 7.91. The van der Waals surface area contributed by atoms with Crippen LogP contribution in [0.2, 0.25) is 0 Å². The molecule has 9 heteroatoms. The Kier molecular flexibility index (Phi) is 6.10. The summed E-state index contributed by atoms with van der Waals surface area (Å²) in [5.74, 6) is 1.99. The van der Waals surface area contributed by atoms with Crippen molar-refractivity contribution in [3.8, 4) is 0 Å². The maximum atomic E-state index is 13.5. The molecule has 1 aliphatic heterocycles. The predicted octanol–water partition coefficient (Wildman–Crippen LogP) is 2.94. The van der Waals surface area contributed by atoms with E-state index < -0.39 is 16.1 Å². The van der Waals surface area contributed by atoms with E-state index in [0.29, 0.717) is 35.1 Å². The molecule has 7 nitrogen and oxygen atoms in total. The Morgan fingerprint density at radius 2 is 1.61 bits per heavy atom. The van der Waals surface area contributed by atoms with Crippen molar-refractivity contribution in [2.75, 3.05) is 26.2 Å². The SMILES string of the molecule is CC(C)[C@H](NC(=O)C12CC3CC(CC(C3)C1)C2)C(=O)N1CCN(S(=O)(=O)c2cccs2)CC1. The van der Waals surface area contributed by atoms with E-state index in [4.69, 9.17) is 0 Å². The highest BCUT2D eigenvalue weighted by Crippen LogP contribution is 2.60. The number of rotatable bonds is 6. The van der Waals surface area contributed by atoms with Crippen LogP contribution in [-0.4, -0.2) is 61.7 Å². The largest absolute Gasteiger partial charge is 0.344 e. The average molecular weight is 494 g/mol. The lowest BCUT2D eigenvalue weighted by Crippen LogP contribution is -2.60. The fraction of sp³-hybridized carbons (Fsp3) is 0.750. The smallest absolute Gasteiger partial charge is 0.252 e. The van der Waals surface area contributed by atoms with Crippen molar-refractivity contribution in [1.29, 1.82) is 0 Å². The third kappa shape index (κ3) is 4.25. The average Bonchev–Trinajstić information content (AvgIpc) is 3.32. The Hall–Kier alpha value is -1.45. The van der Waals surface area contributed by atoms with Crippen molar-refractivity contribution in [2.24, 2.45) is 29.1 Å². The Balaban J connectivity index is 1.23. The number of hydrogen-bond donors (Lipinski definition) is 1. The number of amides is 2. The number of sulfonamides is 1. The van der Waals surface area contributed by atoms with Gasteiger partial charge in [-0.2, -0.15) is 4.31 Å². The molecule has 5 aliphatic rings. The van der Waals surface area contributed by atoms with Crippen LogP contribution in [0.1, 0.15) is 52.4 Å². The van der Waals surface area contributed by atoms with Gasteiger partial charge in [-0.25, -0.2) is 8.42 Å². The van der Waals surface area contributed by atoms with E-state index in [0.717, 1.165) is 19.3 Å². The lowest BCUT2D eigenvalue weighted by atomic mass is 9.49. The molecule has 2 amide bonds. The van der Waals surface area contributed by atoms with E-state index in [1.165, 1.54) is 34.9 Å². The first kappa shape index (κ1) is 23.3. The molecule has 4 aliphatic carbocycles. The van der Waals surface area contributed by atoms with E-state index in [1.54, 1.807) is 22.4 Å². The second kappa shape index (κ2) is 8.64. The third-order valence-corrected chi connectivity index (χ3v) is 11.7. The number of piperazine rings is 1. The Labute approximate surface area is 201 Å². The van der Waals surface area contributed by atoms with Crippen LogP contribution in [0, 0.1) is 29.1 Å². The number of nitrogens with zero attached hydrogens (tertiary/aromatic N) is 2. The molecule has 5 fully saturated rings. The maximum absolute atomic E-state index is 13.5. The van der Waals surface area contributed by atoms with Crippen molar-refractivity contribution in [2.45, 2.75) is 62.6 Å². The van der Waals surface area contributed by atoms with Crippen LogP contribution in [0.5, 0.6) is 0 Å². The van der Waals surface area contributed by atoms with Crippen molar-refractivity contribution in [3.05, 3.63) is 17.5 Å². The molecule has 1 N–H and O–H groups in total. The molecule has 1 aromatic rings. The van der Waals surface area contributed by atoms with Gasteiger partial charge >= 0.3 is 0 Å². The second-order valence-electron chi connectivity index (χ2n) is 11.1.